The molecule has 5 nitrogen and oxygen atoms in total. The zero-order valence-electron chi connectivity index (χ0n) is 8.58. The number of aliphatic hydroxyl groups is 2. The van der Waals surface area contributed by atoms with E-state index in [2.05, 4.69) is 0 Å². The molecule has 0 bridgehead atoms. The summed E-state index contributed by atoms with van der Waals surface area (Å²) in [6.07, 6.45) is -3.44. The van der Waals surface area contributed by atoms with E-state index in [1.54, 1.807) is 11.4 Å². The first-order valence-electron chi connectivity index (χ1n) is 4.43. The van der Waals surface area contributed by atoms with Gasteiger partial charge in [-0.1, -0.05) is 0 Å². The summed E-state index contributed by atoms with van der Waals surface area (Å²) in [6, 6.07) is 0. The van der Waals surface area contributed by atoms with Gasteiger partial charge < -0.3 is 0 Å². The third-order valence-corrected chi connectivity index (χ3v) is 4.77. The van der Waals surface area contributed by atoms with Crippen LogP contribution in [0.5, 0.6) is 0 Å². The van der Waals surface area contributed by atoms with E-state index in [4.69, 9.17) is 9.47 Å². The van der Waals surface area contributed by atoms with Gasteiger partial charge in [0.25, 0.3) is 0 Å². The fourth-order valence-electron chi connectivity index (χ4n) is 1.49. The molecule has 6 heteroatoms. The molecule has 0 aliphatic carbocycles. The van der Waals surface area contributed by atoms with E-state index >= 15 is 0 Å². The second kappa shape index (κ2) is 4.37. The average molecular weight is 268 g/mol. The molecule has 0 spiro atoms. The van der Waals surface area contributed by atoms with Crippen molar-refractivity contribution < 1.29 is 23.4 Å². The van der Waals surface area contributed by atoms with Crippen LogP contribution in [0.1, 0.15) is 0 Å². The zero-order chi connectivity index (χ0) is 10.9. The van der Waals surface area contributed by atoms with Crippen molar-refractivity contribution in [2.45, 2.75) is 41.2 Å². The standard InChI is InChI=1S/C8H17AsO5/c1-9(2,12)4-5-6(10)7(11)8(13-3)14-5/h5-8,10-11H,4H2,1-3H3. The molecular formula is C8H17AsO5. The van der Waals surface area contributed by atoms with E-state index in [0.29, 0.717) is 5.21 Å². The Hall–Kier alpha value is 0.198. The number of hydrogen-bond acceptors (Lipinski definition) is 5. The molecule has 0 amide bonds. The molecule has 0 radical (unpaired) electrons. The molecule has 1 rings (SSSR count). The van der Waals surface area contributed by atoms with Crippen LogP contribution in [0.2, 0.25) is 16.6 Å². The Bertz CT molecular complexity index is 238. The first-order valence-corrected chi connectivity index (χ1v) is 10.3. The van der Waals surface area contributed by atoms with E-state index in [0.717, 1.165) is 0 Å². The van der Waals surface area contributed by atoms with Crippen LogP contribution in [0, 0.1) is 0 Å². The number of ether oxygens (including phenoxy) is 2. The Balaban J connectivity index is 2.61. The quantitative estimate of drug-likeness (QED) is 0.688. The minimum absolute atomic E-state index is 0.316. The van der Waals surface area contributed by atoms with E-state index in [9.17, 15) is 14.0 Å². The normalized spacial score (nSPS) is 38.9. The van der Waals surface area contributed by atoms with E-state index in [1.165, 1.54) is 7.11 Å². The molecule has 0 aromatic carbocycles. The molecule has 14 heavy (non-hydrogen) atoms. The van der Waals surface area contributed by atoms with Crippen LogP contribution in [-0.4, -0.2) is 55.4 Å². The third kappa shape index (κ3) is 2.84. The molecule has 2 N–H and O–H groups in total. The van der Waals surface area contributed by atoms with Crippen molar-refractivity contribution >= 4 is 13.5 Å². The van der Waals surface area contributed by atoms with Crippen LogP contribution < -0.4 is 0 Å². The number of methoxy groups -OCH3 is 1. The summed E-state index contributed by atoms with van der Waals surface area (Å²) in [6.45, 7) is 0. The van der Waals surface area contributed by atoms with Gasteiger partial charge in [-0.25, -0.2) is 0 Å². The van der Waals surface area contributed by atoms with Crippen molar-refractivity contribution in [3.63, 3.8) is 0 Å². The summed E-state index contributed by atoms with van der Waals surface area (Å²) in [7, 11) is 1.39. The van der Waals surface area contributed by atoms with Gasteiger partial charge >= 0.3 is 85.3 Å². The Labute approximate surface area is 85.7 Å². The molecule has 1 heterocycles. The monoisotopic (exact) mass is 268 g/mol. The van der Waals surface area contributed by atoms with Gasteiger partial charge in [0.15, 0.2) is 0 Å². The van der Waals surface area contributed by atoms with Crippen LogP contribution in [0.15, 0.2) is 0 Å². The second-order valence-corrected chi connectivity index (χ2v) is 11.4. The maximum atomic E-state index is 11.6. The SMILES string of the molecule is COC1OC(C[As](C)(C)=O)C(O)C1O. The fourth-order valence-corrected chi connectivity index (χ4v) is 3.95. The van der Waals surface area contributed by atoms with Crippen molar-refractivity contribution in [2.75, 3.05) is 7.11 Å². The van der Waals surface area contributed by atoms with Crippen molar-refractivity contribution in [3.05, 3.63) is 0 Å². The van der Waals surface area contributed by atoms with Crippen LogP contribution in [0.3, 0.4) is 0 Å². The Morgan fingerprint density at radius 3 is 2.29 bits per heavy atom. The molecule has 1 aliphatic heterocycles. The Morgan fingerprint density at radius 2 is 1.93 bits per heavy atom. The zero-order valence-corrected chi connectivity index (χ0v) is 10.5. The van der Waals surface area contributed by atoms with Gasteiger partial charge in [0.1, 0.15) is 0 Å². The Morgan fingerprint density at radius 1 is 1.36 bits per heavy atom. The second-order valence-electron chi connectivity index (χ2n) is 4.02. The van der Waals surface area contributed by atoms with Crippen molar-refractivity contribution in [3.8, 4) is 0 Å². The first-order chi connectivity index (χ1) is 6.35. The van der Waals surface area contributed by atoms with Gasteiger partial charge in [-0.15, -0.1) is 0 Å². The molecule has 1 fully saturated rings. The van der Waals surface area contributed by atoms with Crippen LogP contribution in [-0.2, 0) is 13.2 Å². The molecule has 0 aromatic rings. The summed E-state index contributed by atoms with van der Waals surface area (Å²) < 4.78 is 21.6. The van der Waals surface area contributed by atoms with Crippen LogP contribution >= 0.6 is 0 Å². The van der Waals surface area contributed by atoms with Gasteiger partial charge in [0.2, 0.25) is 0 Å². The maximum absolute atomic E-state index is 11.6. The molecule has 1 aliphatic rings. The van der Waals surface area contributed by atoms with Gasteiger partial charge in [0, 0.05) is 0 Å². The summed E-state index contributed by atoms with van der Waals surface area (Å²) in [5, 5.41) is 19.3. The molecule has 4 unspecified atom stereocenters. The summed E-state index contributed by atoms with van der Waals surface area (Å²) in [4.78, 5) is 0. The van der Waals surface area contributed by atoms with Gasteiger partial charge in [-0.3, -0.25) is 0 Å². The minimum atomic E-state index is -2.86. The van der Waals surface area contributed by atoms with Gasteiger partial charge in [-0.05, 0) is 0 Å². The molecule has 4 atom stereocenters. The molecule has 1 saturated heterocycles. The number of aliphatic hydroxyl groups excluding tert-OH is 2. The third-order valence-electron chi connectivity index (χ3n) is 2.17. The van der Waals surface area contributed by atoms with Crippen molar-refractivity contribution in [1.82, 2.24) is 0 Å². The predicted octanol–water partition coefficient (Wildman–Crippen LogP) is -0.285. The van der Waals surface area contributed by atoms with Crippen LogP contribution in [0.25, 0.3) is 0 Å². The van der Waals surface area contributed by atoms with E-state index in [1.807, 2.05) is 0 Å². The van der Waals surface area contributed by atoms with E-state index in [-0.39, 0.29) is 0 Å². The van der Waals surface area contributed by atoms with Crippen LogP contribution in [0.4, 0.5) is 0 Å². The van der Waals surface area contributed by atoms with Crippen molar-refractivity contribution in [2.24, 2.45) is 0 Å². The topological polar surface area (TPSA) is 76.0 Å². The summed E-state index contributed by atoms with van der Waals surface area (Å²) >= 11 is -2.86. The van der Waals surface area contributed by atoms with Crippen molar-refractivity contribution in [1.29, 1.82) is 0 Å². The summed E-state index contributed by atoms with van der Waals surface area (Å²) in [5.41, 5.74) is 3.36. The predicted molar refractivity (Wildman–Crippen MR) is 50.7 cm³/mol. The Kier molecular flexibility index (Phi) is 3.83. The summed E-state index contributed by atoms with van der Waals surface area (Å²) in [5.74, 6) is 0. The number of rotatable bonds is 3. The molecule has 84 valence electrons. The fraction of sp³-hybridized carbons (Fsp3) is 1.00. The molecule has 0 aromatic heterocycles. The molecular weight excluding hydrogens is 251 g/mol. The van der Waals surface area contributed by atoms with Gasteiger partial charge in [-0.2, -0.15) is 0 Å². The first kappa shape index (κ1) is 12.3. The van der Waals surface area contributed by atoms with E-state index < -0.39 is 38.1 Å². The molecule has 0 saturated carbocycles. The number of hydrogen-bond donors (Lipinski definition) is 2. The van der Waals surface area contributed by atoms with Gasteiger partial charge in [0.05, 0.1) is 0 Å². The average Bonchev–Trinajstić information content (AvgIpc) is 2.30.